The van der Waals surface area contributed by atoms with Crippen LogP contribution in [-0.4, -0.2) is 22.4 Å². The normalized spacial score (nSPS) is 14.5. The van der Waals surface area contributed by atoms with Crippen LogP contribution < -0.4 is 0 Å². The summed E-state index contributed by atoms with van der Waals surface area (Å²) in [5.41, 5.74) is 0. The maximum Gasteiger partial charge on any atom is 0.0540 e. The predicted octanol–water partition coefficient (Wildman–Crippen LogP) is 4.82. The van der Waals surface area contributed by atoms with Crippen molar-refractivity contribution in [3.63, 3.8) is 0 Å². The van der Waals surface area contributed by atoms with Gasteiger partial charge in [-0.15, -0.1) is 0 Å². The molecule has 0 radical (unpaired) electrons. The SMILES string of the molecule is CCCC[C@@H](O)CCCCCCC[C@H](O)CCCC. The van der Waals surface area contributed by atoms with Gasteiger partial charge in [0.1, 0.15) is 0 Å². The highest BCUT2D eigenvalue weighted by molar-refractivity contribution is 4.58. The monoisotopic (exact) mass is 272 g/mol. The Bertz CT molecular complexity index is 153. The minimum absolute atomic E-state index is 0.0733. The van der Waals surface area contributed by atoms with E-state index in [0.717, 1.165) is 51.4 Å². The van der Waals surface area contributed by atoms with E-state index in [4.69, 9.17) is 0 Å². The number of aliphatic hydroxyl groups is 2. The van der Waals surface area contributed by atoms with Crippen LogP contribution in [0.25, 0.3) is 0 Å². The Morgan fingerprint density at radius 3 is 1.21 bits per heavy atom. The van der Waals surface area contributed by atoms with Crippen LogP contribution in [0.3, 0.4) is 0 Å². The van der Waals surface area contributed by atoms with E-state index in [1.807, 2.05) is 0 Å². The molecule has 0 bridgehead atoms. The predicted molar refractivity (Wildman–Crippen MR) is 83.4 cm³/mol. The first-order chi connectivity index (χ1) is 9.20. The minimum Gasteiger partial charge on any atom is -0.393 e. The second-order valence-electron chi connectivity index (χ2n) is 5.94. The van der Waals surface area contributed by atoms with Gasteiger partial charge in [-0.3, -0.25) is 0 Å². The highest BCUT2D eigenvalue weighted by Gasteiger charge is 2.04. The molecule has 0 rings (SSSR count). The third-order valence-electron chi connectivity index (χ3n) is 3.86. The van der Waals surface area contributed by atoms with E-state index in [1.54, 1.807) is 0 Å². The summed E-state index contributed by atoms with van der Waals surface area (Å²) < 4.78 is 0. The molecule has 116 valence electrons. The summed E-state index contributed by atoms with van der Waals surface area (Å²) in [4.78, 5) is 0. The fourth-order valence-electron chi connectivity index (χ4n) is 2.46. The van der Waals surface area contributed by atoms with Crippen molar-refractivity contribution in [3.05, 3.63) is 0 Å². The van der Waals surface area contributed by atoms with Gasteiger partial charge >= 0.3 is 0 Å². The van der Waals surface area contributed by atoms with Crippen molar-refractivity contribution in [2.24, 2.45) is 0 Å². The number of hydrogen-bond acceptors (Lipinski definition) is 2. The van der Waals surface area contributed by atoms with Gasteiger partial charge in [-0.25, -0.2) is 0 Å². The fourth-order valence-corrected chi connectivity index (χ4v) is 2.46. The first-order valence-electron chi connectivity index (χ1n) is 8.56. The summed E-state index contributed by atoms with van der Waals surface area (Å²) in [6, 6.07) is 0. The van der Waals surface area contributed by atoms with Gasteiger partial charge in [-0.1, -0.05) is 71.6 Å². The average molecular weight is 272 g/mol. The van der Waals surface area contributed by atoms with Crippen LogP contribution in [0.15, 0.2) is 0 Å². The van der Waals surface area contributed by atoms with Crippen LogP contribution in [0.1, 0.15) is 97.3 Å². The molecule has 0 aliphatic heterocycles. The Labute approximate surface area is 120 Å². The van der Waals surface area contributed by atoms with Crippen molar-refractivity contribution in [3.8, 4) is 0 Å². The summed E-state index contributed by atoms with van der Waals surface area (Å²) in [5.74, 6) is 0. The van der Waals surface area contributed by atoms with E-state index in [2.05, 4.69) is 13.8 Å². The number of aliphatic hydroxyl groups excluding tert-OH is 2. The van der Waals surface area contributed by atoms with Crippen LogP contribution in [-0.2, 0) is 0 Å². The van der Waals surface area contributed by atoms with E-state index in [0.29, 0.717) is 0 Å². The van der Waals surface area contributed by atoms with Gasteiger partial charge in [0.15, 0.2) is 0 Å². The molecular weight excluding hydrogens is 236 g/mol. The van der Waals surface area contributed by atoms with Crippen molar-refractivity contribution < 1.29 is 10.2 Å². The molecule has 2 atom stereocenters. The highest BCUT2D eigenvalue weighted by Crippen LogP contribution is 2.14. The highest BCUT2D eigenvalue weighted by atomic mass is 16.3. The lowest BCUT2D eigenvalue weighted by Gasteiger charge is -2.10. The molecule has 0 heterocycles. The molecule has 0 unspecified atom stereocenters. The molecular formula is C17H36O2. The van der Waals surface area contributed by atoms with Gasteiger partial charge in [0, 0.05) is 0 Å². The second kappa shape index (κ2) is 14.3. The molecule has 0 amide bonds. The zero-order valence-electron chi connectivity index (χ0n) is 13.2. The van der Waals surface area contributed by atoms with Gasteiger partial charge in [0.05, 0.1) is 12.2 Å². The van der Waals surface area contributed by atoms with Crippen LogP contribution in [0.2, 0.25) is 0 Å². The Balaban J connectivity index is 3.18. The van der Waals surface area contributed by atoms with Gasteiger partial charge in [0.2, 0.25) is 0 Å². The number of rotatable bonds is 14. The first kappa shape index (κ1) is 18.9. The maximum absolute atomic E-state index is 9.71. The molecule has 19 heavy (non-hydrogen) atoms. The van der Waals surface area contributed by atoms with Crippen molar-refractivity contribution in [1.29, 1.82) is 0 Å². The summed E-state index contributed by atoms with van der Waals surface area (Å²) in [7, 11) is 0. The molecule has 0 fully saturated rings. The van der Waals surface area contributed by atoms with Crippen molar-refractivity contribution >= 4 is 0 Å². The minimum atomic E-state index is -0.0733. The molecule has 2 heteroatoms. The summed E-state index contributed by atoms with van der Waals surface area (Å²) >= 11 is 0. The zero-order valence-corrected chi connectivity index (χ0v) is 13.2. The van der Waals surface area contributed by atoms with Gasteiger partial charge in [-0.05, 0) is 25.7 Å². The molecule has 0 spiro atoms. The van der Waals surface area contributed by atoms with Crippen LogP contribution in [0.4, 0.5) is 0 Å². The van der Waals surface area contributed by atoms with E-state index in [9.17, 15) is 10.2 Å². The molecule has 0 aromatic rings. The summed E-state index contributed by atoms with van der Waals surface area (Å²) in [6.45, 7) is 4.34. The standard InChI is InChI=1S/C17H36O2/c1-3-5-12-16(18)14-10-8-7-9-11-15-17(19)13-6-4-2/h16-19H,3-15H2,1-2H3/t16-,17-/m1/s1. The third-order valence-corrected chi connectivity index (χ3v) is 3.86. The smallest absolute Gasteiger partial charge is 0.0540 e. The Morgan fingerprint density at radius 2 is 0.842 bits per heavy atom. The fraction of sp³-hybridized carbons (Fsp3) is 1.00. The van der Waals surface area contributed by atoms with Gasteiger partial charge in [0.25, 0.3) is 0 Å². The molecule has 0 saturated carbocycles. The number of unbranched alkanes of at least 4 members (excludes halogenated alkanes) is 6. The molecule has 0 saturated heterocycles. The zero-order chi connectivity index (χ0) is 14.3. The molecule has 2 N–H and O–H groups in total. The van der Waals surface area contributed by atoms with E-state index in [-0.39, 0.29) is 12.2 Å². The third kappa shape index (κ3) is 14.1. The first-order valence-corrected chi connectivity index (χ1v) is 8.56. The summed E-state index contributed by atoms with van der Waals surface area (Å²) in [5, 5.41) is 19.4. The molecule has 2 nitrogen and oxygen atoms in total. The summed E-state index contributed by atoms with van der Waals surface area (Å²) in [6.07, 6.45) is 14.4. The van der Waals surface area contributed by atoms with Crippen LogP contribution in [0, 0.1) is 0 Å². The molecule has 0 aliphatic carbocycles. The lowest BCUT2D eigenvalue weighted by molar-refractivity contribution is 0.145. The van der Waals surface area contributed by atoms with Crippen molar-refractivity contribution in [2.75, 3.05) is 0 Å². The van der Waals surface area contributed by atoms with Crippen molar-refractivity contribution in [1.82, 2.24) is 0 Å². The van der Waals surface area contributed by atoms with Crippen LogP contribution in [0.5, 0.6) is 0 Å². The van der Waals surface area contributed by atoms with Crippen LogP contribution >= 0.6 is 0 Å². The second-order valence-corrected chi connectivity index (χ2v) is 5.94. The Kier molecular flexibility index (Phi) is 14.3. The largest absolute Gasteiger partial charge is 0.393 e. The van der Waals surface area contributed by atoms with Crippen molar-refractivity contribution in [2.45, 2.75) is 110 Å². The lowest BCUT2D eigenvalue weighted by atomic mass is 10.0. The topological polar surface area (TPSA) is 40.5 Å². The number of hydrogen-bond donors (Lipinski definition) is 2. The van der Waals surface area contributed by atoms with E-state index in [1.165, 1.54) is 32.1 Å². The Hall–Kier alpha value is -0.0800. The van der Waals surface area contributed by atoms with E-state index >= 15 is 0 Å². The molecule has 0 aromatic heterocycles. The van der Waals surface area contributed by atoms with E-state index < -0.39 is 0 Å². The maximum atomic E-state index is 9.71. The molecule has 0 aliphatic rings. The lowest BCUT2D eigenvalue weighted by Crippen LogP contribution is -2.06. The van der Waals surface area contributed by atoms with Gasteiger partial charge in [-0.2, -0.15) is 0 Å². The average Bonchev–Trinajstić information content (AvgIpc) is 2.41. The molecule has 0 aromatic carbocycles. The Morgan fingerprint density at radius 1 is 0.526 bits per heavy atom. The quantitative estimate of drug-likeness (QED) is 0.445. The van der Waals surface area contributed by atoms with Gasteiger partial charge < -0.3 is 10.2 Å².